The first-order chi connectivity index (χ1) is 9.19. The maximum Gasteiger partial charge on any atom is 0.336 e. The number of carbonyl (C=O) groups is 1. The Morgan fingerprint density at radius 2 is 2.11 bits per heavy atom. The van der Waals surface area contributed by atoms with Crippen molar-refractivity contribution in [3.05, 3.63) is 29.5 Å². The van der Waals surface area contributed by atoms with Gasteiger partial charge in [0.1, 0.15) is 0 Å². The van der Waals surface area contributed by atoms with Crippen LogP contribution >= 0.6 is 0 Å². The number of ether oxygens (including phenoxy) is 2. The summed E-state index contributed by atoms with van der Waals surface area (Å²) < 4.78 is 10.5. The third-order valence-corrected chi connectivity index (χ3v) is 2.94. The number of benzene rings is 1. The summed E-state index contributed by atoms with van der Waals surface area (Å²) in [5.74, 6) is 0.166. The molecular weight excluding hydrogens is 248 g/mol. The first kappa shape index (κ1) is 11.7. The first-order valence-corrected chi connectivity index (χ1v) is 5.80. The maximum atomic E-state index is 11.4. The highest BCUT2D eigenvalue weighted by atomic mass is 16.7. The zero-order valence-corrected chi connectivity index (χ0v) is 10.3. The van der Waals surface area contributed by atoms with Crippen molar-refractivity contribution in [2.75, 3.05) is 13.8 Å². The van der Waals surface area contributed by atoms with Gasteiger partial charge in [0.05, 0.1) is 16.8 Å². The number of hydrogen-bond acceptors (Lipinski definition) is 5. The molecule has 0 fully saturated rings. The average Bonchev–Trinajstić information content (AvgIpc) is 2.82. The Morgan fingerprint density at radius 1 is 1.37 bits per heavy atom. The second-order valence-corrected chi connectivity index (χ2v) is 4.22. The number of rotatable bonds is 3. The third kappa shape index (κ3) is 1.96. The van der Waals surface area contributed by atoms with Gasteiger partial charge >= 0.3 is 5.97 Å². The van der Waals surface area contributed by atoms with Gasteiger partial charge < -0.3 is 19.9 Å². The van der Waals surface area contributed by atoms with Crippen LogP contribution in [0.3, 0.4) is 0 Å². The van der Waals surface area contributed by atoms with E-state index in [-0.39, 0.29) is 12.4 Å². The number of carboxylic acid groups (broad SMARTS) is 1. The maximum absolute atomic E-state index is 11.4. The van der Waals surface area contributed by atoms with Gasteiger partial charge in [0.15, 0.2) is 11.5 Å². The molecule has 0 radical (unpaired) electrons. The summed E-state index contributed by atoms with van der Waals surface area (Å²) in [5, 5.41) is 12.8. The van der Waals surface area contributed by atoms with E-state index in [9.17, 15) is 9.90 Å². The largest absolute Gasteiger partial charge is 0.478 e. The molecule has 98 valence electrons. The van der Waals surface area contributed by atoms with Gasteiger partial charge in [0, 0.05) is 18.0 Å². The predicted molar refractivity (Wildman–Crippen MR) is 67.6 cm³/mol. The molecule has 0 saturated carbocycles. The highest BCUT2D eigenvalue weighted by Crippen LogP contribution is 2.36. The topological polar surface area (TPSA) is 80.7 Å². The summed E-state index contributed by atoms with van der Waals surface area (Å²) in [6.45, 7) is 0.655. The van der Waals surface area contributed by atoms with Crippen LogP contribution in [0.5, 0.6) is 11.5 Å². The Hall–Kier alpha value is -2.34. The zero-order valence-electron chi connectivity index (χ0n) is 10.3. The lowest BCUT2D eigenvalue weighted by Crippen LogP contribution is -2.09. The minimum atomic E-state index is -0.983. The van der Waals surface area contributed by atoms with Crippen LogP contribution in [0.2, 0.25) is 0 Å². The van der Waals surface area contributed by atoms with Gasteiger partial charge in [-0.25, -0.2) is 4.79 Å². The normalized spacial score (nSPS) is 12.9. The molecule has 6 nitrogen and oxygen atoms in total. The van der Waals surface area contributed by atoms with Gasteiger partial charge in [0.25, 0.3) is 0 Å². The van der Waals surface area contributed by atoms with Gasteiger partial charge in [-0.15, -0.1) is 0 Å². The van der Waals surface area contributed by atoms with Crippen molar-refractivity contribution >= 4 is 16.9 Å². The molecule has 1 aromatic carbocycles. The molecule has 2 N–H and O–H groups in total. The minimum absolute atomic E-state index is 0.150. The molecular formula is C13H12N2O4. The second kappa shape index (κ2) is 4.40. The van der Waals surface area contributed by atoms with Crippen LogP contribution in [0.4, 0.5) is 0 Å². The van der Waals surface area contributed by atoms with Crippen molar-refractivity contribution in [2.45, 2.75) is 6.54 Å². The van der Waals surface area contributed by atoms with Crippen molar-refractivity contribution in [1.29, 1.82) is 0 Å². The van der Waals surface area contributed by atoms with E-state index in [1.807, 2.05) is 0 Å². The number of aromatic carboxylic acids is 1. The van der Waals surface area contributed by atoms with Gasteiger partial charge in [-0.2, -0.15) is 0 Å². The predicted octanol–water partition coefficient (Wildman–Crippen LogP) is 1.38. The van der Waals surface area contributed by atoms with Crippen LogP contribution < -0.4 is 14.8 Å². The van der Waals surface area contributed by atoms with Crippen molar-refractivity contribution in [3.63, 3.8) is 0 Å². The van der Waals surface area contributed by atoms with Crippen LogP contribution in [-0.4, -0.2) is 29.9 Å². The molecule has 2 aromatic rings. The third-order valence-electron chi connectivity index (χ3n) is 2.94. The number of aromatic nitrogens is 1. The number of nitrogens with zero attached hydrogens (tertiary/aromatic N) is 1. The van der Waals surface area contributed by atoms with Crippen molar-refractivity contribution in [1.82, 2.24) is 10.3 Å². The number of carboxylic acids is 1. The van der Waals surface area contributed by atoms with E-state index >= 15 is 0 Å². The van der Waals surface area contributed by atoms with E-state index in [0.717, 1.165) is 0 Å². The molecule has 0 amide bonds. The van der Waals surface area contributed by atoms with Gasteiger partial charge in [-0.1, -0.05) is 0 Å². The fraction of sp³-hybridized carbons (Fsp3) is 0.231. The SMILES string of the molecule is CNCc1cc(C(=O)O)c2cc3c(cc2n1)OCO3. The quantitative estimate of drug-likeness (QED) is 0.867. The van der Waals surface area contributed by atoms with E-state index in [2.05, 4.69) is 10.3 Å². The standard InChI is InChI=1S/C13H12N2O4/c1-14-5-7-2-9(13(16)17)8-3-11-12(19-6-18-11)4-10(8)15-7/h2-4,14H,5-6H2,1H3,(H,16,17). The van der Waals surface area contributed by atoms with Crippen LogP contribution in [0.25, 0.3) is 10.9 Å². The van der Waals surface area contributed by atoms with Gasteiger partial charge in [-0.05, 0) is 19.2 Å². The lowest BCUT2D eigenvalue weighted by atomic mass is 10.1. The Labute approximate surface area is 109 Å². The van der Waals surface area contributed by atoms with Crippen molar-refractivity contribution in [2.24, 2.45) is 0 Å². The molecule has 3 rings (SSSR count). The average molecular weight is 260 g/mol. The Morgan fingerprint density at radius 3 is 2.79 bits per heavy atom. The molecule has 6 heteroatoms. The second-order valence-electron chi connectivity index (χ2n) is 4.22. The summed E-state index contributed by atoms with van der Waals surface area (Å²) in [6, 6.07) is 4.95. The van der Waals surface area contributed by atoms with Crippen molar-refractivity contribution in [3.8, 4) is 11.5 Å². The molecule has 1 aliphatic heterocycles. The molecule has 1 aromatic heterocycles. The summed E-state index contributed by atoms with van der Waals surface area (Å²) in [4.78, 5) is 15.8. The number of hydrogen-bond donors (Lipinski definition) is 2. The van der Waals surface area contributed by atoms with Crippen molar-refractivity contribution < 1.29 is 19.4 Å². The minimum Gasteiger partial charge on any atom is -0.478 e. The van der Waals surface area contributed by atoms with Crippen LogP contribution in [0.1, 0.15) is 16.1 Å². The summed E-state index contributed by atoms with van der Waals surface area (Å²) in [6.07, 6.45) is 0. The van der Waals surface area contributed by atoms with E-state index in [0.29, 0.717) is 34.6 Å². The molecule has 0 spiro atoms. The van der Waals surface area contributed by atoms with E-state index in [1.54, 1.807) is 25.2 Å². The molecule has 0 saturated heterocycles. The zero-order chi connectivity index (χ0) is 13.4. The monoisotopic (exact) mass is 260 g/mol. The van der Waals surface area contributed by atoms with E-state index in [1.165, 1.54) is 0 Å². The number of pyridine rings is 1. The fourth-order valence-corrected chi connectivity index (χ4v) is 2.12. The van der Waals surface area contributed by atoms with Gasteiger partial charge in [0.2, 0.25) is 6.79 Å². The number of nitrogens with one attached hydrogen (secondary N) is 1. The highest BCUT2D eigenvalue weighted by molar-refractivity contribution is 6.03. The van der Waals surface area contributed by atoms with Crippen LogP contribution in [-0.2, 0) is 6.54 Å². The Kier molecular flexibility index (Phi) is 2.72. The first-order valence-electron chi connectivity index (χ1n) is 5.80. The van der Waals surface area contributed by atoms with E-state index < -0.39 is 5.97 Å². The molecule has 0 bridgehead atoms. The van der Waals surface area contributed by atoms with Crippen LogP contribution in [0, 0.1) is 0 Å². The Bertz CT molecular complexity index is 669. The van der Waals surface area contributed by atoms with Crippen LogP contribution in [0.15, 0.2) is 18.2 Å². The fourth-order valence-electron chi connectivity index (χ4n) is 2.12. The molecule has 19 heavy (non-hydrogen) atoms. The van der Waals surface area contributed by atoms with E-state index in [4.69, 9.17) is 9.47 Å². The molecule has 0 unspecified atom stereocenters. The summed E-state index contributed by atoms with van der Waals surface area (Å²) in [5.41, 5.74) is 1.48. The van der Waals surface area contributed by atoms with Gasteiger partial charge in [-0.3, -0.25) is 4.98 Å². The smallest absolute Gasteiger partial charge is 0.336 e. The summed E-state index contributed by atoms with van der Waals surface area (Å²) >= 11 is 0. The molecule has 0 atom stereocenters. The highest BCUT2D eigenvalue weighted by Gasteiger charge is 2.19. The number of fused-ring (bicyclic) bond motifs is 2. The lowest BCUT2D eigenvalue weighted by Gasteiger charge is -2.07. The molecule has 2 heterocycles. The molecule has 0 aliphatic carbocycles. The Balaban J connectivity index is 2.27. The lowest BCUT2D eigenvalue weighted by molar-refractivity contribution is 0.0699. The summed E-state index contributed by atoms with van der Waals surface area (Å²) in [7, 11) is 1.78. The molecule has 1 aliphatic rings.